The average molecular weight is 409 g/mol. The van der Waals surface area contributed by atoms with Gasteiger partial charge in [-0.15, -0.1) is 0 Å². The summed E-state index contributed by atoms with van der Waals surface area (Å²) in [5.41, 5.74) is 9.98. The van der Waals surface area contributed by atoms with E-state index in [1.807, 2.05) is 0 Å². The van der Waals surface area contributed by atoms with E-state index in [0.717, 1.165) is 0 Å². The Hall–Kier alpha value is -3.52. The summed E-state index contributed by atoms with van der Waals surface area (Å²) in [6, 6.07) is 0. The molecule has 1 aliphatic heterocycles. The fraction of sp³-hybridized carbons (Fsp3) is 0.467. The second kappa shape index (κ2) is 7.84. The normalized spacial score (nSPS) is 23.7. The molecule has 0 aliphatic carbocycles. The number of carbonyl (C=O) groups is 2. The number of carbonyl (C=O) groups excluding carboxylic acids is 2. The van der Waals surface area contributed by atoms with Crippen LogP contribution in [0.1, 0.15) is 20.1 Å². The highest BCUT2D eigenvalue weighted by atomic mass is 16.6. The van der Waals surface area contributed by atoms with Gasteiger partial charge in [0, 0.05) is 13.8 Å². The van der Waals surface area contributed by atoms with Crippen molar-refractivity contribution in [3.8, 4) is 0 Å². The minimum Gasteiger partial charge on any atom is -0.456 e. The molecule has 14 nitrogen and oxygen atoms in total. The first-order valence-electron chi connectivity index (χ1n) is 8.38. The van der Waals surface area contributed by atoms with Crippen molar-refractivity contribution in [1.29, 1.82) is 0 Å². The van der Waals surface area contributed by atoms with Crippen LogP contribution in [0.4, 0.5) is 5.95 Å². The van der Waals surface area contributed by atoms with Crippen LogP contribution in [-0.4, -0.2) is 67.4 Å². The Morgan fingerprint density at radius 1 is 1.31 bits per heavy atom. The number of H-pyrrole nitrogens is 1. The standard InChI is InChI=1S/C15H19N7O7/c1-5(24)27-9-7(3-23)29-13(10(9)28-6(2)25)22-4-18-8-11(22)19-15(20-12(8)26)21-14(16)17/h4,7,9-10,13,23H,3H2,1-2H3,(H5,16,17,19,20,21,26)/t7-,9-,10-,13-/m1/s1. The second-order valence-electron chi connectivity index (χ2n) is 6.15. The third-order valence-electron chi connectivity index (χ3n) is 4.00. The first-order chi connectivity index (χ1) is 13.7. The minimum atomic E-state index is -1.14. The fourth-order valence-corrected chi connectivity index (χ4v) is 3.01. The summed E-state index contributed by atoms with van der Waals surface area (Å²) in [5.74, 6) is -1.84. The zero-order valence-corrected chi connectivity index (χ0v) is 15.4. The number of nitrogens with zero attached hydrogens (tertiary/aromatic N) is 4. The molecule has 1 saturated heterocycles. The van der Waals surface area contributed by atoms with Gasteiger partial charge in [-0.2, -0.15) is 9.98 Å². The van der Waals surface area contributed by atoms with Gasteiger partial charge >= 0.3 is 11.9 Å². The van der Waals surface area contributed by atoms with E-state index in [0.29, 0.717) is 0 Å². The molecule has 1 aliphatic rings. The number of aliphatic hydroxyl groups excluding tert-OH is 1. The van der Waals surface area contributed by atoms with Gasteiger partial charge in [0.1, 0.15) is 6.10 Å². The molecule has 3 rings (SSSR count). The number of nitrogens with two attached hydrogens (primary N) is 2. The minimum absolute atomic E-state index is 0.0241. The molecule has 0 unspecified atom stereocenters. The number of aromatic nitrogens is 4. The number of guanidine groups is 1. The number of aliphatic hydroxyl groups is 1. The molecule has 6 N–H and O–H groups in total. The molecule has 4 atom stereocenters. The Morgan fingerprint density at radius 2 is 1.97 bits per heavy atom. The Bertz CT molecular complexity index is 1030. The predicted octanol–water partition coefficient (Wildman–Crippen LogP) is -2.22. The number of rotatable bonds is 5. The van der Waals surface area contributed by atoms with Crippen LogP contribution in [0.15, 0.2) is 16.1 Å². The number of aliphatic imine (C=N–C) groups is 1. The van der Waals surface area contributed by atoms with Gasteiger partial charge in [0.05, 0.1) is 12.9 Å². The number of hydrogen-bond acceptors (Lipinski definition) is 10. The summed E-state index contributed by atoms with van der Waals surface area (Å²) >= 11 is 0. The lowest BCUT2D eigenvalue weighted by atomic mass is 10.1. The number of fused-ring (bicyclic) bond motifs is 1. The molecular formula is C15H19N7O7. The Balaban J connectivity index is 2.11. The van der Waals surface area contributed by atoms with Crippen LogP contribution in [0.25, 0.3) is 11.2 Å². The molecule has 2 aromatic heterocycles. The molecule has 0 spiro atoms. The third-order valence-corrected chi connectivity index (χ3v) is 4.00. The van der Waals surface area contributed by atoms with Crippen LogP contribution in [0.3, 0.4) is 0 Å². The molecule has 2 aromatic rings. The number of hydrogen-bond donors (Lipinski definition) is 4. The molecule has 156 valence electrons. The van der Waals surface area contributed by atoms with Gasteiger partial charge in [-0.3, -0.25) is 23.9 Å². The van der Waals surface area contributed by atoms with E-state index >= 15 is 0 Å². The van der Waals surface area contributed by atoms with Crippen LogP contribution in [0.2, 0.25) is 0 Å². The molecule has 0 amide bonds. The number of nitrogens with one attached hydrogen (secondary N) is 1. The summed E-state index contributed by atoms with van der Waals surface area (Å²) in [5, 5.41) is 9.62. The van der Waals surface area contributed by atoms with Crippen molar-refractivity contribution in [2.75, 3.05) is 6.61 Å². The highest BCUT2D eigenvalue weighted by Gasteiger charge is 2.50. The van der Waals surface area contributed by atoms with Gasteiger partial charge < -0.3 is 30.8 Å². The van der Waals surface area contributed by atoms with Crippen LogP contribution < -0.4 is 17.0 Å². The lowest BCUT2D eigenvalue weighted by Crippen LogP contribution is -2.40. The Kier molecular flexibility index (Phi) is 5.47. The van der Waals surface area contributed by atoms with E-state index in [1.165, 1.54) is 24.7 Å². The second-order valence-corrected chi connectivity index (χ2v) is 6.15. The molecular weight excluding hydrogens is 390 g/mol. The zero-order valence-electron chi connectivity index (χ0n) is 15.4. The van der Waals surface area contributed by atoms with Gasteiger partial charge in [0.2, 0.25) is 5.95 Å². The quantitative estimate of drug-likeness (QED) is 0.236. The zero-order chi connectivity index (χ0) is 21.3. The topological polar surface area (TPSA) is 210 Å². The summed E-state index contributed by atoms with van der Waals surface area (Å²) < 4.78 is 17.5. The molecule has 0 radical (unpaired) electrons. The monoisotopic (exact) mass is 409 g/mol. The Labute approximate surface area is 162 Å². The van der Waals surface area contributed by atoms with E-state index in [-0.39, 0.29) is 23.1 Å². The lowest BCUT2D eigenvalue weighted by molar-refractivity contribution is -0.165. The average Bonchev–Trinajstić information content (AvgIpc) is 3.16. The maximum atomic E-state index is 12.2. The van der Waals surface area contributed by atoms with E-state index in [4.69, 9.17) is 25.7 Å². The van der Waals surface area contributed by atoms with E-state index in [2.05, 4.69) is 19.9 Å². The summed E-state index contributed by atoms with van der Waals surface area (Å²) in [7, 11) is 0. The number of ether oxygens (including phenoxy) is 3. The van der Waals surface area contributed by atoms with Gasteiger partial charge in [-0.05, 0) is 0 Å². The molecule has 3 heterocycles. The third kappa shape index (κ3) is 4.02. The first-order valence-corrected chi connectivity index (χ1v) is 8.38. The summed E-state index contributed by atoms with van der Waals surface area (Å²) in [4.78, 5) is 49.5. The smallest absolute Gasteiger partial charge is 0.303 e. The maximum Gasteiger partial charge on any atom is 0.303 e. The molecule has 0 bridgehead atoms. The van der Waals surface area contributed by atoms with Crippen molar-refractivity contribution in [2.45, 2.75) is 38.4 Å². The van der Waals surface area contributed by atoms with Crippen molar-refractivity contribution >= 4 is 35.0 Å². The molecule has 1 fully saturated rings. The highest BCUT2D eigenvalue weighted by Crippen LogP contribution is 2.35. The largest absolute Gasteiger partial charge is 0.456 e. The maximum absolute atomic E-state index is 12.2. The van der Waals surface area contributed by atoms with Crippen molar-refractivity contribution in [3.05, 3.63) is 16.7 Å². The van der Waals surface area contributed by atoms with Crippen LogP contribution >= 0.6 is 0 Å². The Morgan fingerprint density at radius 3 is 2.55 bits per heavy atom. The number of imidazole rings is 1. The fourth-order valence-electron chi connectivity index (χ4n) is 3.01. The summed E-state index contributed by atoms with van der Waals surface area (Å²) in [6.07, 6.45) is -3.10. The number of esters is 2. The van der Waals surface area contributed by atoms with Crippen molar-refractivity contribution in [1.82, 2.24) is 19.5 Å². The lowest BCUT2D eigenvalue weighted by Gasteiger charge is -2.23. The van der Waals surface area contributed by atoms with Gasteiger partial charge in [0.25, 0.3) is 5.56 Å². The van der Waals surface area contributed by atoms with Crippen LogP contribution in [0.5, 0.6) is 0 Å². The highest BCUT2D eigenvalue weighted by molar-refractivity contribution is 5.79. The first kappa shape index (κ1) is 20.2. The SMILES string of the molecule is CC(=O)O[C@@H]1[C@H](OC(C)=O)[C@@H](CO)O[C@H]1n1cnc2c(=O)[nH]c(N=C(N)N)nc21. The van der Waals surface area contributed by atoms with E-state index in [9.17, 15) is 19.5 Å². The van der Waals surface area contributed by atoms with Gasteiger partial charge in [-0.1, -0.05) is 0 Å². The van der Waals surface area contributed by atoms with Crippen LogP contribution in [0, 0.1) is 0 Å². The summed E-state index contributed by atoms with van der Waals surface area (Å²) in [6.45, 7) is 1.81. The van der Waals surface area contributed by atoms with Gasteiger partial charge in [0.15, 0.2) is 35.6 Å². The van der Waals surface area contributed by atoms with Gasteiger partial charge in [-0.25, -0.2) is 4.98 Å². The predicted molar refractivity (Wildman–Crippen MR) is 95.7 cm³/mol. The van der Waals surface area contributed by atoms with E-state index < -0.39 is 48.6 Å². The molecule has 14 heteroatoms. The molecule has 29 heavy (non-hydrogen) atoms. The van der Waals surface area contributed by atoms with E-state index in [1.54, 1.807) is 0 Å². The molecule has 0 saturated carbocycles. The van der Waals surface area contributed by atoms with Crippen molar-refractivity contribution < 1.29 is 28.9 Å². The number of aromatic amines is 1. The molecule has 0 aromatic carbocycles. The van der Waals surface area contributed by atoms with Crippen LogP contribution in [-0.2, 0) is 23.8 Å². The van der Waals surface area contributed by atoms with Crippen molar-refractivity contribution in [2.24, 2.45) is 16.5 Å². The van der Waals surface area contributed by atoms with Crippen molar-refractivity contribution in [3.63, 3.8) is 0 Å².